The summed E-state index contributed by atoms with van der Waals surface area (Å²) in [6.07, 6.45) is 3.56. The number of aromatic nitrogens is 1. The van der Waals surface area contributed by atoms with Gasteiger partial charge in [-0.15, -0.1) is 0 Å². The Morgan fingerprint density at radius 1 is 0.758 bits per heavy atom. The fourth-order valence-corrected chi connectivity index (χ4v) is 7.29. The molecule has 0 N–H and O–H groups in total. The van der Waals surface area contributed by atoms with Gasteiger partial charge in [0, 0.05) is 32.6 Å². The number of ether oxygens (including phenoxy) is 1. The van der Waals surface area contributed by atoms with E-state index in [2.05, 4.69) is 89.5 Å². The second kappa shape index (κ2) is 6.58. The Labute approximate surface area is 197 Å². The first-order valence-corrected chi connectivity index (χ1v) is 12.5. The van der Waals surface area contributed by atoms with Crippen molar-refractivity contribution in [3.8, 4) is 17.2 Å². The summed E-state index contributed by atoms with van der Waals surface area (Å²) in [4.78, 5) is 2.65. The van der Waals surface area contributed by atoms with Crippen LogP contribution in [0.5, 0.6) is 11.5 Å². The summed E-state index contributed by atoms with van der Waals surface area (Å²) in [5.74, 6) is 1.97. The lowest BCUT2D eigenvalue weighted by Gasteiger charge is -2.33. The standard InChI is InChI=1S/C29H20BNOS/c1-3-10-23-19(7-1)20-8-5-11-24(20)31(23)18-15-16-21-26(17-18)32-25-12-6-14-28-29(25)30(21)22-9-2-4-13-27(22)33-28/h1-4,6-7,9-10,12-17H,5,8,11H2. The summed E-state index contributed by atoms with van der Waals surface area (Å²) in [7, 11) is 0. The number of fused-ring (bicyclic) bond motifs is 7. The molecule has 1 aliphatic carbocycles. The van der Waals surface area contributed by atoms with Gasteiger partial charge in [-0.1, -0.05) is 65.8 Å². The van der Waals surface area contributed by atoms with Crippen LogP contribution in [0.4, 0.5) is 0 Å². The van der Waals surface area contributed by atoms with Crippen LogP contribution in [0.1, 0.15) is 17.7 Å². The molecule has 0 unspecified atom stereocenters. The summed E-state index contributed by atoms with van der Waals surface area (Å²) < 4.78 is 9.05. The van der Waals surface area contributed by atoms with Gasteiger partial charge in [-0.2, -0.15) is 0 Å². The third-order valence-corrected chi connectivity index (χ3v) is 8.65. The van der Waals surface area contributed by atoms with Gasteiger partial charge in [-0.25, -0.2) is 0 Å². The quantitative estimate of drug-likeness (QED) is 0.325. The summed E-state index contributed by atoms with van der Waals surface area (Å²) in [5, 5.41) is 1.40. The maximum absolute atomic E-state index is 6.58. The van der Waals surface area contributed by atoms with Crippen molar-refractivity contribution in [1.82, 2.24) is 4.57 Å². The zero-order valence-corrected chi connectivity index (χ0v) is 18.9. The fourth-order valence-electron chi connectivity index (χ4n) is 6.13. The minimum absolute atomic E-state index is 0.221. The average molecular weight is 441 g/mol. The second-order valence-corrected chi connectivity index (χ2v) is 10.3. The van der Waals surface area contributed by atoms with Crippen molar-refractivity contribution in [1.29, 1.82) is 0 Å². The molecule has 0 fully saturated rings. The van der Waals surface area contributed by atoms with E-state index in [4.69, 9.17) is 4.74 Å². The Morgan fingerprint density at radius 3 is 2.64 bits per heavy atom. The summed E-state index contributed by atoms with van der Waals surface area (Å²) >= 11 is 1.86. The number of benzene rings is 4. The maximum atomic E-state index is 6.58. The Hall–Kier alpha value is -3.37. The zero-order chi connectivity index (χ0) is 21.5. The minimum Gasteiger partial charge on any atom is -0.458 e. The molecule has 1 aromatic heterocycles. The minimum atomic E-state index is 0.221. The van der Waals surface area contributed by atoms with Gasteiger partial charge in [0.05, 0.1) is 5.52 Å². The smallest absolute Gasteiger partial charge is 0.253 e. The van der Waals surface area contributed by atoms with Crippen LogP contribution in [0.25, 0.3) is 16.6 Å². The number of para-hydroxylation sites is 1. The second-order valence-electron chi connectivity index (χ2n) is 9.20. The van der Waals surface area contributed by atoms with E-state index in [1.54, 1.807) is 0 Å². The van der Waals surface area contributed by atoms with Crippen LogP contribution in [0.15, 0.2) is 94.7 Å². The molecule has 8 rings (SSSR count). The Balaban J connectivity index is 1.36. The lowest BCUT2D eigenvalue weighted by molar-refractivity contribution is 0.486. The van der Waals surface area contributed by atoms with Crippen LogP contribution in [0.3, 0.4) is 0 Å². The molecule has 33 heavy (non-hydrogen) atoms. The molecular formula is C29H20BNOS. The molecule has 4 heteroatoms. The summed E-state index contributed by atoms with van der Waals surface area (Å²) in [6, 6.07) is 31.0. The molecule has 0 spiro atoms. The number of rotatable bonds is 1. The van der Waals surface area contributed by atoms with Gasteiger partial charge in [0.2, 0.25) is 0 Å². The molecule has 0 saturated carbocycles. The van der Waals surface area contributed by atoms with Crippen molar-refractivity contribution >= 4 is 45.8 Å². The van der Waals surface area contributed by atoms with Crippen LogP contribution in [0, 0.1) is 0 Å². The van der Waals surface area contributed by atoms with Gasteiger partial charge < -0.3 is 9.30 Å². The van der Waals surface area contributed by atoms with Gasteiger partial charge in [-0.05, 0) is 66.1 Å². The molecule has 0 bridgehead atoms. The van der Waals surface area contributed by atoms with Gasteiger partial charge in [0.25, 0.3) is 6.71 Å². The van der Waals surface area contributed by atoms with Gasteiger partial charge in [-0.3, -0.25) is 0 Å². The van der Waals surface area contributed by atoms with E-state index in [1.807, 2.05) is 11.8 Å². The third kappa shape index (κ3) is 2.42. The first-order chi connectivity index (χ1) is 16.4. The molecule has 3 heterocycles. The van der Waals surface area contributed by atoms with Crippen LogP contribution >= 0.6 is 11.8 Å². The highest BCUT2D eigenvalue weighted by Gasteiger charge is 2.38. The van der Waals surface area contributed by atoms with E-state index < -0.39 is 0 Å². The predicted molar refractivity (Wildman–Crippen MR) is 137 cm³/mol. The molecule has 156 valence electrons. The van der Waals surface area contributed by atoms with Crippen molar-refractivity contribution in [2.75, 3.05) is 0 Å². The molecule has 0 amide bonds. The number of hydrogen-bond acceptors (Lipinski definition) is 2. The zero-order valence-electron chi connectivity index (χ0n) is 18.0. The highest BCUT2D eigenvalue weighted by atomic mass is 32.2. The van der Waals surface area contributed by atoms with Crippen molar-refractivity contribution in [3.05, 3.63) is 96.2 Å². The fraction of sp³-hybridized carbons (Fsp3) is 0.103. The van der Waals surface area contributed by atoms with Crippen molar-refractivity contribution < 1.29 is 4.74 Å². The first-order valence-electron chi connectivity index (χ1n) is 11.7. The van der Waals surface area contributed by atoms with Gasteiger partial charge in [0.15, 0.2) is 0 Å². The molecule has 3 aliphatic rings. The number of nitrogens with zero attached hydrogens (tertiary/aromatic N) is 1. The monoisotopic (exact) mass is 441 g/mol. The van der Waals surface area contributed by atoms with Crippen molar-refractivity contribution in [2.24, 2.45) is 0 Å². The molecular weight excluding hydrogens is 421 g/mol. The van der Waals surface area contributed by atoms with Crippen LogP contribution in [-0.2, 0) is 12.8 Å². The molecule has 4 aromatic carbocycles. The SMILES string of the molecule is c1ccc2c(c1)Sc1cccc3c1B2c1ccc(-n2c4c(c5ccccc52)CCC4)cc1O3. The lowest BCUT2D eigenvalue weighted by atomic mass is 9.35. The van der Waals surface area contributed by atoms with Crippen molar-refractivity contribution in [2.45, 2.75) is 29.1 Å². The predicted octanol–water partition coefficient (Wildman–Crippen LogP) is 5.21. The van der Waals surface area contributed by atoms with Crippen LogP contribution in [-0.4, -0.2) is 11.3 Å². The largest absolute Gasteiger partial charge is 0.458 e. The van der Waals surface area contributed by atoms with Crippen LogP contribution < -0.4 is 21.1 Å². The molecule has 0 saturated heterocycles. The van der Waals surface area contributed by atoms with Gasteiger partial charge >= 0.3 is 0 Å². The maximum Gasteiger partial charge on any atom is 0.253 e. The van der Waals surface area contributed by atoms with E-state index in [0.717, 1.165) is 17.9 Å². The number of aryl methyl sites for hydroxylation is 1. The molecule has 2 aliphatic heterocycles. The molecule has 5 aromatic rings. The highest BCUT2D eigenvalue weighted by Crippen LogP contribution is 2.39. The lowest BCUT2D eigenvalue weighted by Crippen LogP contribution is -2.57. The van der Waals surface area contributed by atoms with E-state index in [0.29, 0.717) is 0 Å². The van der Waals surface area contributed by atoms with Gasteiger partial charge in [0.1, 0.15) is 11.5 Å². The van der Waals surface area contributed by atoms with Crippen molar-refractivity contribution in [3.63, 3.8) is 0 Å². The van der Waals surface area contributed by atoms with E-state index in [1.165, 1.54) is 66.9 Å². The topological polar surface area (TPSA) is 14.2 Å². The van der Waals surface area contributed by atoms with E-state index in [9.17, 15) is 0 Å². The summed E-state index contributed by atoms with van der Waals surface area (Å²) in [6.45, 7) is 0.221. The first kappa shape index (κ1) is 18.1. The Morgan fingerprint density at radius 2 is 1.64 bits per heavy atom. The normalized spacial score (nSPS) is 15.0. The van der Waals surface area contributed by atoms with E-state index in [-0.39, 0.29) is 6.71 Å². The Bertz CT molecular complexity index is 1620. The Kier molecular flexibility index (Phi) is 3.61. The average Bonchev–Trinajstić information content (AvgIpc) is 3.44. The third-order valence-electron chi connectivity index (χ3n) is 7.48. The highest BCUT2D eigenvalue weighted by molar-refractivity contribution is 8.00. The van der Waals surface area contributed by atoms with Crippen LogP contribution in [0.2, 0.25) is 0 Å². The summed E-state index contributed by atoms with van der Waals surface area (Å²) in [5.41, 5.74) is 9.46. The van der Waals surface area contributed by atoms with E-state index >= 15 is 0 Å². The molecule has 2 nitrogen and oxygen atoms in total. The molecule has 0 radical (unpaired) electrons. The molecule has 0 atom stereocenters. The number of hydrogen-bond donors (Lipinski definition) is 0.